The smallest absolute Gasteiger partial charge is 0.317 e. The molecule has 1 spiro atoms. The molecule has 3 aliphatic rings. The Balaban J connectivity index is 1.27. The Morgan fingerprint density at radius 3 is 2.58 bits per heavy atom. The van der Waals surface area contributed by atoms with E-state index in [-0.39, 0.29) is 6.54 Å². The van der Waals surface area contributed by atoms with Gasteiger partial charge in [0, 0.05) is 30.9 Å². The van der Waals surface area contributed by atoms with E-state index >= 15 is 0 Å². The van der Waals surface area contributed by atoms with Crippen molar-refractivity contribution in [2.75, 3.05) is 39.3 Å². The molecule has 0 unspecified atom stereocenters. The van der Waals surface area contributed by atoms with Gasteiger partial charge in [-0.2, -0.15) is 0 Å². The summed E-state index contributed by atoms with van der Waals surface area (Å²) >= 11 is 0. The van der Waals surface area contributed by atoms with Gasteiger partial charge in [0.1, 0.15) is 0 Å². The van der Waals surface area contributed by atoms with E-state index in [1.807, 2.05) is 0 Å². The van der Waals surface area contributed by atoms with Crippen LogP contribution in [0.4, 0.5) is 0 Å². The number of hydrogen-bond acceptors (Lipinski definition) is 4. The third-order valence-electron chi connectivity index (χ3n) is 6.71. The molecule has 3 heterocycles. The van der Waals surface area contributed by atoms with Crippen LogP contribution in [0.1, 0.15) is 49.1 Å². The first-order valence-corrected chi connectivity index (χ1v) is 10.3. The van der Waals surface area contributed by atoms with Crippen molar-refractivity contribution in [3.8, 4) is 0 Å². The van der Waals surface area contributed by atoms with Crippen molar-refractivity contribution in [1.82, 2.24) is 14.8 Å². The number of pyridine rings is 1. The average molecular weight is 357 g/mol. The molecule has 2 aliphatic heterocycles. The molecule has 0 radical (unpaired) electrons. The number of carbonyl (C=O) groups is 1. The Labute approximate surface area is 156 Å². The molecule has 0 saturated carbocycles. The molecule has 2 fully saturated rings. The summed E-state index contributed by atoms with van der Waals surface area (Å²) in [7, 11) is 0. The second-order valence-electron chi connectivity index (χ2n) is 8.56. The quantitative estimate of drug-likeness (QED) is 0.877. The zero-order valence-corrected chi connectivity index (χ0v) is 15.8. The molecule has 5 nitrogen and oxygen atoms in total. The fourth-order valence-electron chi connectivity index (χ4n) is 5.04. The number of fused-ring (bicyclic) bond motifs is 1. The number of nitrogens with zero attached hydrogens (tertiary/aromatic N) is 3. The maximum absolute atomic E-state index is 10.9. The molecule has 0 bridgehead atoms. The Kier molecular flexibility index (Phi) is 5.28. The van der Waals surface area contributed by atoms with Crippen LogP contribution in [-0.2, 0) is 24.1 Å². The van der Waals surface area contributed by atoms with Gasteiger partial charge in [0.15, 0.2) is 0 Å². The third kappa shape index (κ3) is 4.09. The highest BCUT2D eigenvalue weighted by Crippen LogP contribution is 2.40. The van der Waals surface area contributed by atoms with Crippen LogP contribution >= 0.6 is 0 Å². The molecule has 142 valence electrons. The summed E-state index contributed by atoms with van der Waals surface area (Å²) in [6, 6.07) is 4.54. The summed E-state index contributed by atoms with van der Waals surface area (Å²) in [5.74, 6) is -0.702. The highest BCUT2D eigenvalue weighted by molar-refractivity contribution is 5.69. The second kappa shape index (κ2) is 7.65. The minimum atomic E-state index is -0.702. The first-order chi connectivity index (χ1) is 12.6. The molecule has 1 aromatic rings. The number of likely N-dealkylation sites (tertiary alicyclic amines) is 2. The molecule has 2 saturated heterocycles. The van der Waals surface area contributed by atoms with E-state index in [1.54, 1.807) is 0 Å². The van der Waals surface area contributed by atoms with Crippen LogP contribution in [0.5, 0.6) is 0 Å². The molecule has 0 amide bonds. The fourth-order valence-corrected chi connectivity index (χ4v) is 5.04. The normalized spacial score (nSPS) is 23.2. The summed E-state index contributed by atoms with van der Waals surface area (Å²) in [6.45, 7) is 5.54. The van der Waals surface area contributed by atoms with E-state index in [2.05, 4.69) is 21.9 Å². The van der Waals surface area contributed by atoms with Crippen LogP contribution in [-0.4, -0.2) is 65.1 Å². The summed E-state index contributed by atoms with van der Waals surface area (Å²) in [5.41, 5.74) is 4.49. The summed E-state index contributed by atoms with van der Waals surface area (Å²) in [5, 5.41) is 8.96. The van der Waals surface area contributed by atoms with Crippen molar-refractivity contribution in [3.05, 3.63) is 29.1 Å². The number of aryl methyl sites for hydroxylation is 2. The SMILES string of the molecule is O=C(O)CN1CCC2(CC1)CCN(CCc1ccc3c(n1)CCCC3)C2. The number of carboxylic acids is 1. The Morgan fingerprint density at radius 1 is 1.08 bits per heavy atom. The Morgan fingerprint density at radius 2 is 1.81 bits per heavy atom. The number of rotatable bonds is 5. The molecule has 0 atom stereocenters. The van der Waals surface area contributed by atoms with Crippen molar-refractivity contribution >= 4 is 5.97 Å². The average Bonchev–Trinajstić information content (AvgIpc) is 3.04. The van der Waals surface area contributed by atoms with Gasteiger partial charge < -0.3 is 10.0 Å². The summed E-state index contributed by atoms with van der Waals surface area (Å²) < 4.78 is 0. The molecular formula is C21H31N3O2. The van der Waals surface area contributed by atoms with Crippen molar-refractivity contribution < 1.29 is 9.90 Å². The predicted molar refractivity (Wildman–Crippen MR) is 101 cm³/mol. The van der Waals surface area contributed by atoms with Crippen LogP contribution in [0, 0.1) is 5.41 Å². The maximum Gasteiger partial charge on any atom is 0.317 e. The van der Waals surface area contributed by atoms with E-state index in [0.717, 1.165) is 45.3 Å². The molecular weight excluding hydrogens is 326 g/mol. The number of aliphatic carboxylic acids is 1. The zero-order valence-electron chi connectivity index (χ0n) is 15.8. The van der Waals surface area contributed by atoms with Gasteiger partial charge >= 0.3 is 5.97 Å². The fraction of sp³-hybridized carbons (Fsp3) is 0.714. The van der Waals surface area contributed by atoms with Gasteiger partial charge in [0.05, 0.1) is 6.54 Å². The van der Waals surface area contributed by atoms with Crippen molar-refractivity contribution in [3.63, 3.8) is 0 Å². The molecule has 1 N–H and O–H groups in total. The van der Waals surface area contributed by atoms with Crippen LogP contribution in [0.2, 0.25) is 0 Å². The summed E-state index contributed by atoms with van der Waals surface area (Å²) in [4.78, 5) is 20.5. The lowest BCUT2D eigenvalue weighted by atomic mass is 9.78. The van der Waals surface area contributed by atoms with Gasteiger partial charge in [-0.25, -0.2) is 0 Å². The Hall–Kier alpha value is -1.46. The maximum atomic E-state index is 10.9. The van der Waals surface area contributed by atoms with Gasteiger partial charge in [-0.3, -0.25) is 14.7 Å². The molecule has 4 rings (SSSR count). The molecule has 5 heteroatoms. The highest BCUT2D eigenvalue weighted by Gasteiger charge is 2.40. The van der Waals surface area contributed by atoms with Gasteiger partial charge in [0.2, 0.25) is 0 Å². The molecule has 26 heavy (non-hydrogen) atoms. The van der Waals surface area contributed by atoms with Crippen molar-refractivity contribution in [1.29, 1.82) is 0 Å². The van der Waals surface area contributed by atoms with E-state index in [0.29, 0.717) is 5.41 Å². The van der Waals surface area contributed by atoms with Crippen molar-refractivity contribution in [2.45, 2.75) is 51.4 Å². The number of hydrogen-bond donors (Lipinski definition) is 1. The number of piperidine rings is 1. The van der Waals surface area contributed by atoms with Crippen LogP contribution < -0.4 is 0 Å². The summed E-state index contributed by atoms with van der Waals surface area (Å²) in [6.07, 6.45) is 9.57. The highest BCUT2D eigenvalue weighted by atomic mass is 16.4. The second-order valence-corrected chi connectivity index (χ2v) is 8.56. The van der Waals surface area contributed by atoms with Crippen LogP contribution in [0.15, 0.2) is 12.1 Å². The van der Waals surface area contributed by atoms with Crippen LogP contribution in [0.25, 0.3) is 0 Å². The van der Waals surface area contributed by atoms with Gasteiger partial charge in [-0.15, -0.1) is 0 Å². The van der Waals surface area contributed by atoms with E-state index < -0.39 is 5.97 Å². The third-order valence-corrected chi connectivity index (χ3v) is 6.71. The lowest BCUT2D eigenvalue weighted by molar-refractivity contribution is -0.138. The molecule has 1 aromatic heterocycles. The first kappa shape index (κ1) is 17.9. The van der Waals surface area contributed by atoms with E-state index in [1.165, 1.54) is 55.7 Å². The van der Waals surface area contributed by atoms with E-state index in [4.69, 9.17) is 10.1 Å². The molecule has 1 aliphatic carbocycles. The van der Waals surface area contributed by atoms with Gasteiger partial charge in [-0.1, -0.05) is 6.07 Å². The monoisotopic (exact) mass is 357 g/mol. The lowest BCUT2D eigenvalue weighted by Gasteiger charge is -2.38. The predicted octanol–water partition coefficient (Wildman–Crippen LogP) is 2.38. The molecule has 0 aromatic carbocycles. The standard InChI is InChI=1S/C21H31N3O2/c25-20(26)15-23-12-8-21(9-13-23)10-14-24(16-21)11-7-18-6-5-17-3-1-2-4-19(17)22-18/h5-6H,1-4,7-16H2,(H,25,26). The first-order valence-electron chi connectivity index (χ1n) is 10.3. The largest absolute Gasteiger partial charge is 0.480 e. The van der Waals surface area contributed by atoms with Crippen LogP contribution in [0.3, 0.4) is 0 Å². The van der Waals surface area contributed by atoms with Crippen molar-refractivity contribution in [2.24, 2.45) is 5.41 Å². The lowest BCUT2D eigenvalue weighted by Crippen LogP contribution is -2.43. The Bertz CT molecular complexity index is 653. The number of aromatic nitrogens is 1. The zero-order chi connectivity index (χ0) is 18.0. The minimum Gasteiger partial charge on any atom is -0.480 e. The van der Waals surface area contributed by atoms with Gasteiger partial charge in [-0.05, 0) is 81.6 Å². The number of carboxylic acid groups (broad SMARTS) is 1. The topological polar surface area (TPSA) is 56.7 Å². The minimum absolute atomic E-state index is 0.198. The van der Waals surface area contributed by atoms with Gasteiger partial charge in [0.25, 0.3) is 0 Å². The van der Waals surface area contributed by atoms with E-state index in [9.17, 15) is 4.79 Å².